The molecule has 3 rings (SSSR count). The molecule has 126 valence electrons. The summed E-state index contributed by atoms with van der Waals surface area (Å²) in [5.74, 6) is 0.845. The summed E-state index contributed by atoms with van der Waals surface area (Å²) in [5.41, 5.74) is 1.45. The molecule has 2 saturated heterocycles. The largest absolute Gasteiger partial charge is 0.339 e. The van der Waals surface area contributed by atoms with Crippen LogP contribution in [0.25, 0.3) is 0 Å². The number of carbonyl (C=O) groups is 1. The molecule has 2 aliphatic heterocycles. The fraction of sp³-hybridized carbons (Fsp3) is 0.706. The van der Waals surface area contributed by atoms with Crippen LogP contribution < -0.4 is 4.90 Å². The van der Waals surface area contributed by atoms with E-state index in [1.165, 1.54) is 6.42 Å². The molecule has 0 N–H and O–H groups in total. The Hall–Kier alpha value is -1.69. The van der Waals surface area contributed by atoms with Crippen molar-refractivity contribution in [1.29, 1.82) is 0 Å². The fourth-order valence-corrected chi connectivity index (χ4v) is 3.35. The van der Waals surface area contributed by atoms with Crippen LogP contribution in [0.2, 0.25) is 0 Å². The predicted octanol–water partition coefficient (Wildman–Crippen LogP) is 1.55. The highest BCUT2D eigenvalue weighted by Gasteiger charge is 2.23. The van der Waals surface area contributed by atoms with E-state index in [2.05, 4.69) is 26.7 Å². The maximum atomic E-state index is 12.6. The molecule has 6 nitrogen and oxygen atoms in total. The molecular weight excluding hydrogens is 290 g/mol. The SMILES string of the molecule is CCN1CCN(c2ncc(C(=O)N3CCCCC3)c(C)n2)CC1. The van der Waals surface area contributed by atoms with E-state index in [0.717, 1.165) is 70.3 Å². The van der Waals surface area contributed by atoms with Crippen LogP contribution in [0.4, 0.5) is 5.95 Å². The minimum absolute atomic E-state index is 0.0875. The molecule has 0 aliphatic carbocycles. The number of likely N-dealkylation sites (tertiary alicyclic amines) is 1. The van der Waals surface area contributed by atoms with E-state index in [9.17, 15) is 4.79 Å². The second-order valence-corrected chi connectivity index (χ2v) is 6.44. The van der Waals surface area contributed by atoms with Gasteiger partial charge < -0.3 is 14.7 Å². The summed E-state index contributed by atoms with van der Waals surface area (Å²) in [4.78, 5) is 28.3. The Morgan fingerprint density at radius 3 is 2.39 bits per heavy atom. The van der Waals surface area contributed by atoms with E-state index in [1.54, 1.807) is 6.20 Å². The van der Waals surface area contributed by atoms with Crippen LogP contribution in [0, 0.1) is 6.92 Å². The van der Waals surface area contributed by atoms with Gasteiger partial charge in [0.05, 0.1) is 11.3 Å². The quantitative estimate of drug-likeness (QED) is 0.847. The van der Waals surface area contributed by atoms with Gasteiger partial charge in [-0.05, 0) is 32.7 Å². The molecule has 2 aliphatic rings. The molecule has 0 bridgehead atoms. The van der Waals surface area contributed by atoms with Gasteiger partial charge in [-0.15, -0.1) is 0 Å². The van der Waals surface area contributed by atoms with Crippen LogP contribution in [-0.4, -0.2) is 71.5 Å². The lowest BCUT2D eigenvalue weighted by atomic mass is 10.1. The molecule has 1 amide bonds. The number of aryl methyl sites for hydroxylation is 1. The number of hydrogen-bond acceptors (Lipinski definition) is 5. The fourth-order valence-electron chi connectivity index (χ4n) is 3.35. The van der Waals surface area contributed by atoms with Crippen LogP contribution in [0.15, 0.2) is 6.20 Å². The molecule has 6 heteroatoms. The van der Waals surface area contributed by atoms with E-state index in [0.29, 0.717) is 5.56 Å². The van der Waals surface area contributed by atoms with Gasteiger partial charge in [-0.25, -0.2) is 9.97 Å². The second kappa shape index (κ2) is 7.25. The number of amides is 1. The highest BCUT2D eigenvalue weighted by Crippen LogP contribution is 2.17. The summed E-state index contributed by atoms with van der Waals surface area (Å²) >= 11 is 0. The summed E-state index contributed by atoms with van der Waals surface area (Å²) < 4.78 is 0. The first-order valence-corrected chi connectivity index (χ1v) is 8.79. The zero-order chi connectivity index (χ0) is 16.2. The van der Waals surface area contributed by atoms with Gasteiger partial charge in [-0.3, -0.25) is 4.79 Å². The third-order valence-electron chi connectivity index (χ3n) is 4.94. The van der Waals surface area contributed by atoms with Crippen molar-refractivity contribution in [3.05, 3.63) is 17.5 Å². The number of piperazine rings is 1. The third-order valence-corrected chi connectivity index (χ3v) is 4.94. The topological polar surface area (TPSA) is 52.6 Å². The van der Waals surface area contributed by atoms with Gasteiger partial charge in [-0.2, -0.15) is 0 Å². The number of anilines is 1. The second-order valence-electron chi connectivity index (χ2n) is 6.44. The van der Waals surface area contributed by atoms with Gasteiger partial charge in [-0.1, -0.05) is 6.92 Å². The molecule has 3 heterocycles. The molecule has 0 saturated carbocycles. The zero-order valence-corrected chi connectivity index (χ0v) is 14.3. The molecule has 1 aromatic heterocycles. The lowest BCUT2D eigenvalue weighted by Crippen LogP contribution is -2.46. The summed E-state index contributed by atoms with van der Waals surface area (Å²) in [5, 5.41) is 0. The van der Waals surface area contributed by atoms with E-state index < -0.39 is 0 Å². The summed E-state index contributed by atoms with van der Waals surface area (Å²) in [6, 6.07) is 0. The third kappa shape index (κ3) is 3.63. The molecule has 23 heavy (non-hydrogen) atoms. The highest BCUT2D eigenvalue weighted by molar-refractivity contribution is 5.95. The number of rotatable bonds is 3. The smallest absolute Gasteiger partial charge is 0.257 e. The lowest BCUT2D eigenvalue weighted by Gasteiger charge is -2.34. The average Bonchev–Trinajstić information content (AvgIpc) is 2.62. The first-order valence-electron chi connectivity index (χ1n) is 8.79. The van der Waals surface area contributed by atoms with Crippen LogP contribution in [-0.2, 0) is 0 Å². The monoisotopic (exact) mass is 317 g/mol. The zero-order valence-electron chi connectivity index (χ0n) is 14.3. The predicted molar refractivity (Wildman–Crippen MR) is 90.9 cm³/mol. The van der Waals surface area contributed by atoms with Crippen molar-refractivity contribution in [1.82, 2.24) is 19.8 Å². The number of piperidine rings is 1. The van der Waals surface area contributed by atoms with Gasteiger partial charge in [0.1, 0.15) is 0 Å². The van der Waals surface area contributed by atoms with Gasteiger partial charge in [0.2, 0.25) is 5.95 Å². The van der Waals surface area contributed by atoms with Crippen LogP contribution in [0.1, 0.15) is 42.2 Å². The van der Waals surface area contributed by atoms with Gasteiger partial charge in [0.25, 0.3) is 5.91 Å². The Kier molecular flexibility index (Phi) is 5.10. The molecule has 2 fully saturated rings. The standard InChI is InChI=1S/C17H27N5O/c1-3-20-9-11-22(12-10-20)17-18-13-15(14(2)19-17)16(23)21-7-5-4-6-8-21/h13H,3-12H2,1-2H3. The van der Waals surface area contributed by atoms with Gasteiger partial charge >= 0.3 is 0 Å². The Morgan fingerprint density at radius 2 is 1.78 bits per heavy atom. The number of likely N-dealkylation sites (N-methyl/N-ethyl adjacent to an activating group) is 1. The van der Waals surface area contributed by atoms with Crippen molar-refractivity contribution in [2.75, 3.05) is 50.7 Å². The van der Waals surface area contributed by atoms with Crippen LogP contribution in [0.5, 0.6) is 0 Å². The van der Waals surface area contributed by atoms with E-state index in [1.807, 2.05) is 11.8 Å². The molecule has 0 spiro atoms. The van der Waals surface area contributed by atoms with Gasteiger partial charge in [0, 0.05) is 45.5 Å². The average molecular weight is 317 g/mol. The highest BCUT2D eigenvalue weighted by atomic mass is 16.2. The van der Waals surface area contributed by atoms with Crippen molar-refractivity contribution in [3.63, 3.8) is 0 Å². The van der Waals surface area contributed by atoms with Crippen molar-refractivity contribution >= 4 is 11.9 Å². The summed E-state index contributed by atoms with van der Waals surface area (Å²) in [6.45, 7) is 10.9. The molecule has 0 atom stereocenters. The van der Waals surface area contributed by atoms with Crippen molar-refractivity contribution in [3.8, 4) is 0 Å². The van der Waals surface area contributed by atoms with Crippen molar-refractivity contribution in [2.24, 2.45) is 0 Å². The molecule has 1 aromatic rings. The molecular formula is C17H27N5O. The normalized spacial score (nSPS) is 19.9. The van der Waals surface area contributed by atoms with E-state index >= 15 is 0 Å². The van der Waals surface area contributed by atoms with E-state index in [4.69, 9.17) is 0 Å². The van der Waals surface area contributed by atoms with Gasteiger partial charge in [0.15, 0.2) is 0 Å². The number of carbonyl (C=O) groups excluding carboxylic acids is 1. The Bertz CT molecular complexity index is 548. The number of hydrogen-bond donors (Lipinski definition) is 0. The van der Waals surface area contributed by atoms with Crippen molar-refractivity contribution in [2.45, 2.75) is 33.1 Å². The first kappa shape index (κ1) is 16.2. The summed E-state index contributed by atoms with van der Waals surface area (Å²) in [7, 11) is 0. The first-order chi connectivity index (χ1) is 11.2. The number of aromatic nitrogens is 2. The minimum Gasteiger partial charge on any atom is -0.339 e. The molecule has 0 aromatic carbocycles. The van der Waals surface area contributed by atoms with Crippen LogP contribution >= 0.6 is 0 Å². The maximum absolute atomic E-state index is 12.6. The Labute approximate surface area is 138 Å². The number of nitrogens with zero attached hydrogens (tertiary/aromatic N) is 5. The maximum Gasteiger partial charge on any atom is 0.257 e. The van der Waals surface area contributed by atoms with Crippen LogP contribution in [0.3, 0.4) is 0 Å². The molecule has 0 radical (unpaired) electrons. The summed E-state index contributed by atoms with van der Waals surface area (Å²) in [6.07, 6.45) is 5.15. The molecule has 0 unspecified atom stereocenters. The Morgan fingerprint density at radius 1 is 1.09 bits per heavy atom. The lowest BCUT2D eigenvalue weighted by molar-refractivity contribution is 0.0722. The minimum atomic E-state index is 0.0875. The van der Waals surface area contributed by atoms with E-state index in [-0.39, 0.29) is 5.91 Å². The van der Waals surface area contributed by atoms with Crippen molar-refractivity contribution < 1.29 is 4.79 Å². The Balaban J connectivity index is 1.69.